The van der Waals surface area contributed by atoms with E-state index in [2.05, 4.69) is 0 Å². The normalized spacial score (nSPS) is 22.2. The maximum atomic E-state index is 12.7. The van der Waals surface area contributed by atoms with Crippen molar-refractivity contribution in [3.05, 3.63) is 23.8 Å². The first-order valence-electron chi connectivity index (χ1n) is 8.52. The molecule has 4 rings (SSSR count). The molecule has 5 nitrogen and oxygen atoms in total. The van der Waals surface area contributed by atoms with E-state index in [1.807, 2.05) is 11.0 Å². The van der Waals surface area contributed by atoms with Gasteiger partial charge in [0.05, 0.1) is 4.90 Å². The molecule has 0 atom stereocenters. The van der Waals surface area contributed by atoms with Crippen LogP contribution in [0.4, 0.5) is 5.69 Å². The smallest absolute Gasteiger partial charge is 0.243 e. The van der Waals surface area contributed by atoms with Crippen LogP contribution in [-0.2, 0) is 21.2 Å². The monoisotopic (exact) mass is 334 g/mol. The summed E-state index contributed by atoms with van der Waals surface area (Å²) in [6.45, 7) is 1.98. The Labute approximate surface area is 137 Å². The zero-order chi connectivity index (χ0) is 16.0. The van der Waals surface area contributed by atoms with Crippen molar-refractivity contribution in [3.63, 3.8) is 0 Å². The minimum Gasteiger partial charge on any atom is -0.312 e. The third kappa shape index (κ3) is 2.68. The lowest BCUT2D eigenvalue weighted by atomic mass is 10.0. The van der Waals surface area contributed by atoms with Gasteiger partial charge >= 0.3 is 0 Å². The summed E-state index contributed by atoms with van der Waals surface area (Å²) < 4.78 is 27.0. The molecular formula is C17H22N2O3S. The van der Waals surface area contributed by atoms with Crippen molar-refractivity contribution in [2.24, 2.45) is 5.92 Å². The SMILES string of the molecule is O=C(C1CC1)N1CCCc2cc(S(=O)(=O)N3CCCC3)ccc21. The average Bonchev–Trinajstić information content (AvgIpc) is 3.26. The maximum Gasteiger partial charge on any atom is 0.243 e. The Morgan fingerprint density at radius 3 is 2.48 bits per heavy atom. The lowest BCUT2D eigenvalue weighted by molar-refractivity contribution is -0.119. The molecule has 1 aliphatic carbocycles. The van der Waals surface area contributed by atoms with Crippen LogP contribution in [0.3, 0.4) is 0 Å². The van der Waals surface area contributed by atoms with Gasteiger partial charge in [0.25, 0.3) is 0 Å². The Kier molecular flexibility index (Phi) is 3.69. The number of fused-ring (bicyclic) bond motifs is 1. The largest absolute Gasteiger partial charge is 0.312 e. The van der Waals surface area contributed by atoms with Gasteiger partial charge in [-0.25, -0.2) is 8.42 Å². The standard InChI is InChI=1S/C17H22N2O3S/c20-17(13-5-6-13)19-11-3-4-14-12-15(7-8-16(14)19)23(21,22)18-9-1-2-10-18/h7-8,12-13H,1-6,9-11H2. The van der Waals surface area contributed by atoms with E-state index in [0.29, 0.717) is 18.0 Å². The number of carbonyl (C=O) groups is 1. The molecule has 0 spiro atoms. The van der Waals surface area contributed by atoms with Gasteiger partial charge in [-0.15, -0.1) is 0 Å². The highest BCUT2D eigenvalue weighted by molar-refractivity contribution is 7.89. The van der Waals surface area contributed by atoms with Crippen LogP contribution in [0.2, 0.25) is 0 Å². The lowest BCUT2D eigenvalue weighted by Gasteiger charge is -2.30. The molecular weight excluding hydrogens is 312 g/mol. The molecule has 1 aromatic rings. The molecule has 0 unspecified atom stereocenters. The van der Waals surface area contributed by atoms with Crippen molar-refractivity contribution < 1.29 is 13.2 Å². The van der Waals surface area contributed by atoms with Gasteiger partial charge in [0.2, 0.25) is 15.9 Å². The number of sulfonamides is 1. The first-order valence-corrected chi connectivity index (χ1v) is 9.96. The number of hydrogen-bond acceptors (Lipinski definition) is 3. The fraction of sp³-hybridized carbons (Fsp3) is 0.588. The van der Waals surface area contributed by atoms with E-state index in [-0.39, 0.29) is 11.8 Å². The Balaban J connectivity index is 1.66. The third-order valence-electron chi connectivity index (χ3n) is 5.07. The van der Waals surface area contributed by atoms with E-state index in [4.69, 9.17) is 0 Å². The number of amides is 1. The second kappa shape index (κ2) is 5.60. The Morgan fingerprint density at radius 1 is 1.04 bits per heavy atom. The molecule has 0 radical (unpaired) electrons. The van der Waals surface area contributed by atoms with E-state index in [0.717, 1.165) is 56.3 Å². The molecule has 1 amide bonds. The first kappa shape index (κ1) is 15.1. The molecule has 23 heavy (non-hydrogen) atoms. The molecule has 0 N–H and O–H groups in total. The summed E-state index contributed by atoms with van der Waals surface area (Å²) in [5, 5.41) is 0. The third-order valence-corrected chi connectivity index (χ3v) is 6.96. The van der Waals surface area contributed by atoms with Crippen LogP contribution in [-0.4, -0.2) is 38.3 Å². The van der Waals surface area contributed by atoms with Gasteiger partial charge in [-0.1, -0.05) is 0 Å². The number of aryl methyl sites for hydroxylation is 1. The van der Waals surface area contributed by atoms with Crippen LogP contribution >= 0.6 is 0 Å². The van der Waals surface area contributed by atoms with E-state index < -0.39 is 10.0 Å². The quantitative estimate of drug-likeness (QED) is 0.851. The highest BCUT2D eigenvalue weighted by Gasteiger charge is 2.36. The number of nitrogens with zero attached hydrogens (tertiary/aromatic N) is 2. The van der Waals surface area contributed by atoms with Crippen molar-refractivity contribution in [1.82, 2.24) is 4.31 Å². The summed E-state index contributed by atoms with van der Waals surface area (Å²) in [7, 11) is -3.38. The number of benzene rings is 1. The van der Waals surface area contributed by atoms with Gasteiger partial charge in [-0.3, -0.25) is 4.79 Å². The summed E-state index contributed by atoms with van der Waals surface area (Å²) in [6, 6.07) is 5.29. The van der Waals surface area contributed by atoms with E-state index >= 15 is 0 Å². The van der Waals surface area contributed by atoms with Gasteiger partial charge in [0.1, 0.15) is 0 Å². The second-order valence-corrected chi connectivity index (χ2v) is 8.71. The zero-order valence-corrected chi connectivity index (χ0v) is 14.0. The summed E-state index contributed by atoms with van der Waals surface area (Å²) in [4.78, 5) is 14.7. The molecule has 1 saturated heterocycles. The summed E-state index contributed by atoms with van der Waals surface area (Å²) in [5.41, 5.74) is 1.90. The molecule has 2 heterocycles. The summed E-state index contributed by atoms with van der Waals surface area (Å²) in [6.07, 6.45) is 5.60. The first-order chi connectivity index (χ1) is 11.1. The minimum absolute atomic E-state index is 0.189. The van der Waals surface area contributed by atoms with Gasteiger partial charge in [0, 0.05) is 31.2 Å². The molecule has 124 valence electrons. The number of hydrogen-bond donors (Lipinski definition) is 0. The van der Waals surface area contributed by atoms with Crippen LogP contribution in [0.5, 0.6) is 0 Å². The van der Waals surface area contributed by atoms with Gasteiger partial charge < -0.3 is 4.90 Å². The predicted molar refractivity (Wildman–Crippen MR) is 87.8 cm³/mol. The predicted octanol–water partition coefficient (Wildman–Crippen LogP) is 2.16. The van der Waals surface area contributed by atoms with Crippen molar-refractivity contribution in [3.8, 4) is 0 Å². The summed E-state index contributed by atoms with van der Waals surface area (Å²) in [5.74, 6) is 0.398. The van der Waals surface area contributed by atoms with Gasteiger partial charge in [0.15, 0.2) is 0 Å². The fourth-order valence-electron chi connectivity index (χ4n) is 3.59. The van der Waals surface area contributed by atoms with Crippen LogP contribution in [0.1, 0.15) is 37.7 Å². The highest BCUT2D eigenvalue weighted by Crippen LogP contribution is 2.37. The molecule has 0 aromatic heterocycles. The van der Waals surface area contributed by atoms with Crippen molar-refractivity contribution in [2.45, 2.75) is 43.4 Å². The number of anilines is 1. The van der Waals surface area contributed by atoms with E-state index in [1.165, 1.54) is 0 Å². The molecule has 1 aromatic carbocycles. The second-order valence-electron chi connectivity index (χ2n) is 6.77. The molecule has 3 aliphatic rings. The maximum absolute atomic E-state index is 12.7. The van der Waals surface area contributed by atoms with Crippen molar-refractivity contribution in [2.75, 3.05) is 24.5 Å². The topological polar surface area (TPSA) is 57.7 Å². The average molecular weight is 334 g/mol. The minimum atomic E-state index is -3.38. The van der Waals surface area contributed by atoms with Crippen LogP contribution in [0, 0.1) is 5.92 Å². The molecule has 2 fully saturated rings. The van der Waals surface area contributed by atoms with Gasteiger partial charge in [-0.2, -0.15) is 4.31 Å². The van der Waals surface area contributed by atoms with E-state index in [1.54, 1.807) is 16.4 Å². The summed E-state index contributed by atoms with van der Waals surface area (Å²) >= 11 is 0. The molecule has 2 aliphatic heterocycles. The Morgan fingerprint density at radius 2 is 1.78 bits per heavy atom. The lowest BCUT2D eigenvalue weighted by Crippen LogP contribution is -2.36. The Hall–Kier alpha value is -1.40. The van der Waals surface area contributed by atoms with Crippen LogP contribution < -0.4 is 4.90 Å². The van der Waals surface area contributed by atoms with Crippen LogP contribution in [0.25, 0.3) is 0 Å². The molecule has 1 saturated carbocycles. The van der Waals surface area contributed by atoms with Crippen molar-refractivity contribution in [1.29, 1.82) is 0 Å². The van der Waals surface area contributed by atoms with E-state index in [9.17, 15) is 13.2 Å². The van der Waals surface area contributed by atoms with Gasteiger partial charge in [-0.05, 0) is 62.3 Å². The number of rotatable bonds is 3. The molecule has 6 heteroatoms. The van der Waals surface area contributed by atoms with Crippen LogP contribution in [0.15, 0.2) is 23.1 Å². The Bertz CT molecular complexity index is 734. The number of carbonyl (C=O) groups excluding carboxylic acids is 1. The highest BCUT2D eigenvalue weighted by atomic mass is 32.2. The molecule has 0 bridgehead atoms. The van der Waals surface area contributed by atoms with Crippen molar-refractivity contribution >= 4 is 21.6 Å². The fourth-order valence-corrected chi connectivity index (χ4v) is 5.16. The zero-order valence-electron chi connectivity index (χ0n) is 13.2.